The van der Waals surface area contributed by atoms with Crippen molar-refractivity contribution in [1.82, 2.24) is 0 Å². The lowest BCUT2D eigenvalue weighted by Gasteiger charge is -2.45. The minimum Gasteiger partial charge on any atom is -0.469 e. The summed E-state index contributed by atoms with van der Waals surface area (Å²) >= 11 is 0. The number of esters is 1. The normalized spacial score (nSPS) is 14.5. The van der Waals surface area contributed by atoms with Gasteiger partial charge in [-0.15, -0.1) is 0 Å². The average molecular weight is 242 g/mol. The molecule has 0 saturated heterocycles. The minimum atomic E-state index is -0.324. The molecule has 0 bridgehead atoms. The van der Waals surface area contributed by atoms with E-state index in [1.165, 1.54) is 7.11 Å². The van der Waals surface area contributed by atoms with Gasteiger partial charge in [0.15, 0.2) is 0 Å². The second-order valence-corrected chi connectivity index (χ2v) is 5.44. The summed E-state index contributed by atoms with van der Waals surface area (Å²) in [6, 6.07) is 0. The number of hydrogen-bond acceptors (Lipinski definition) is 2. The van der Waals surface area contributed by atoms with Gasteiger partial charge in [0.1, 0.15) is 0 Å². The molecule has 0 aliphatic carbocycles. The van der Waals surface area contributed by atoms with E-state index >= 15 is 0 Å². The number of carbonyl (C=O) groups is 1. The van der Waals surface area contributed by atoms with E-state index < -0.39 is 0 Å². The van der Waals surface area contributed by atoms with E-state index in [1.54, 1.807) is 0 Å². The maximum absolute atomic E-state index is 12.2. The van der Waals surface area contributed by atoms with E-state index in [0.29, 0.717) is 5.92 Å². The van der Waals surface area contributed by atoms with Crippen LogP contribution in [0.2, 0.25) is 0 Å². The average Bonchev–Trinajstić information content (AvgIpc) is 2.39. The highest BCUT2D eigenvalue weighted by Crippen LogP contribution is 2.49. The van der Waals surface area contributed by atoms with E-state index in [1.807, 2.05) is 0 Å². The van der Waals surface area contributed by atoms with Gasteiger partial charge in [0.05, 0.1) is 12.5 Å². The summed E-state index contributed by atoms with van der Waals surface area (Å²) in [6.07, 6.45) is 3.91. The predicted molar refractivity (Wildman–Crippen MR) is 72.9 cm³/mol. The molecule has 0 N–H and O–H groups in total. The lowest BCUT2D eigenvalue weighted by Crippen LogP contribution is -2.44. The Morgan fingerprint density at radius 3 is 1.71 bits per heavy atom. The Morgan fingerprint density at radius 2 is 1.47 bits per heavy atom. The van der Waals surface area contributed by atoms with Gasteiger partial charge < -0.3 is 4.74 Å². The molecule has 0 saturated carbocycles. The molecule has 102 valence electrons. The van der Waals surface area contributed by atoms with Crippen molar-refractivity contribution < 1.29 is 9.53 Å². The van der Waals surface area contributed by atoms with Crippen molar-refractivity contribution in [2.24, 2.45) is 16.7 Å². The number of methoxy groups -OCH3 is 1. The molecule has 0 aliphatic rings. The zero-order valence-corrected chi connectivity index (χ0v) is 12.7. The quantitative estimate of drug-likeness (QED) is 0.617. The van der Waals surface area contributed by atoms with Crippen molar-refractivity contribution in [1.29, 1.82) is 0 Å². The maximum Gasteiger partial charge on any atom is 0.312 e. The molecule has 0 fully saturated rings. The van der Waals surface area contributed by atoms with Crippen molar-refractivity contribution in [3.05, 3.63) is 0 Å². The van der Waals surface area contributed by atoms with Crippen LogP contribution in [0.5, 0.6) is 0 Å². The molecule has 0 radical (unpaired) electrons. The van der Waals surface area contributed by atoms with Crippen molar-refractivity contribution in [3.8, 4) is 0 Å². The highest BCUT2D eigenvalue weighted by atomic mass is 16.5. The molecule has 0 amide bonds. The minimum absolute atomic E-state index is 0.0388. The molecule has 0 aliphatic heterocycles. The van der Waals surface area contributed by atoms with Crippen LogP contribution in [-0.4, -0.2) is 13.1 Å². The molecule has 17 heavy (non-hydrogen) atoms. The second kappa shape index (κ2) is 6.42. The van der Waals surface area contributed by atoms with Gasteiger partial charge in [-0.3, -0.25) is 4.79 Å². The molecule has 0 spiro atoms. The highest BCUT2D eigenvalue weighted by molar-refractivity contribution is 5.77. The van der Waals surface area contributed by atoms with E-state index in [-0.39, 0.29) is 16.8 Å². The van der Waals surface area contributed by atoms with E-state index in [0.717, 1.165) is 25.7 Å². The summed E-state index contributed by atoms with van der Waals surface area (Å²) in [5.74, 6) is 0.301. The molecule has 0 rings (SSSR count). The smallest absolute Gasteiger partial charge is 0.312 e. The Morgan fingerprint density at radius 1 is 1.06 bits per heavy atom. The van der Waals surface area contributed by atoms with Crippen molar-refractivity contribution in [2.45, 2.75) is 67.2 Å². The van der Waals surface area contributed by atoms with Gasteiger partial charge in [-0.2, -0.15) is 0 Å². The fraction of sp³-hybridized carbons (Fsp3) is 0.933. The van der Waals surface area contributed by atoms with Gasteiger partial charge in [-0.25, -0.2) is 0 Å². The summed E-state index contributed by atoms with van der Waals surface area (Å²) in [4.78, 5) is 12.2. The van der Waals surface area contributed by atoms with Gasteiger partial charge in [-0.1, -0.05) is 54.4 Å². The molecule has 0 aromatic heterocycles. The van der Waals surface area contributed by atoms with Crippen molar-refractivity contribution >= 4 is 5.97 Å². The Hall–Kier alpha value is -0.530. The fourth-order valence-electron chi connectivity index (χ4n) is 3.06. The van der Waals surface area contributed by atoms with Crippen LogP contribution in [0, 0.1) is 16.7 Å². The molecule has 1 atom stereocenters. The maximum atomic E-state index is 12.2. The highest BCUT2D eigenvalue weighted by Gasteiger charge is 2.47. The number of rotatable bonds is 7. The summed E-state index contributed by atoms with van der Waals surface area (Å²) in [7, 11) is 1.50. The summed E-state index contributed by atoms with van der Waals surface area (Å²) in [5, 5.41) is 0. The van der Waals surface area contributed by atoms with E-state index in [4.69, 9.17) is 4.74 Å². The standard InChI is InChI=1S/C15H30O2/c1-8-14(6,9-2)12(5)15(10-3,11-4)13(16)17-7/h12H,8-11H2,1-7H3. The first kappa shape index (κ1) is 16.5. The van der Waals surface area contributed by atoms with Crippen LogP contribution in [0.15, 0.2) is 0 Å². The summed E-state index contributed by atoms with van der Waals surface area (Å²) < 4.78 is 5.06. The second-order valence-electron chi connectivity index (χ2n) is 5.44. The SMILES string of the molecule is CCC(C)(CC)C(C)C(CC)(CC)C(=O)OC. The van der Waals surface area contributed by atoms with Crippen molar-refractivity contribution in [2.75, 3.05) is 7.11 Å². The fourth-order valence-corrected chi connectivity index (χ4v) is 3.06. The first-order valence-electron chi connectivity index (χ1n) is 6.96. The van der Waals surface area contributed by atoms with Crippen LogP contribution >= 0.6 is 0 Å². The van der Waals surface area contributed by atoms with Gasteiger partial charge in [0.2, 0.25) is 0 Å². The molecular weight excluding hydrogens is 212 g/mol. The van der Waals surface area contributed by atoms with Gasteiger partial charge >= 0.3 is 5.97 Å². The lowest BCUT2D eigenvalue weighted by molar-refractivity contribution is -0.161. The lowest BCUT2D eigenvalue weighted by atomic mass is 9.59. The van der Waals surface area contributed by atoms with E-state index in [9.17, 15) is 4.79 Å². The van der Waals surface area contributed by atoms with Gasteiger partial charge in [0.25, 0.3) is 0 Å². The van der Waals surface area contributed by atoms with Crippen LogP contribution in [0.25, 0.3) is 0 Å². The Labute approximate surface area is 107 Å². The number of ether oxygens (including phenoxy) is 1. The zero-order chi connectivity index (χ0) is 13.7. The molecule has 1 unspecified atom stereocenters. The third-order valence-electron chi connectivity index (χ3n) is 5.34. The first-order chi connectivity index (χ1) is 7.88. The zero-order valence-electron chi connectivity index (χ0n) is 12.7. The number of carbonyl (C=O) groups excluding carboxylic acids is 1. The molecular formula is C15H30O2. The van der Waals surface area contributed by atoms with E-state index in [2.05, 4.69) is 41.5 Å². The monoisotopic (exact) mass is 242 g/mol. The first-order valence-corrected chi connectivity index (χ1v) is 6.96. The third-order valence-corrected chi connectivity index (χ3v) is 5.34. The molecule has 0 heterocycles. The van der Waals surface area contributed by atoms with Crippen LogP contribution in [0.1, 0.15) is 67.2 Å². The predicted octanol–water partition coefficient (Wildman–Crippen LogP) is 4.43. The Balaban J connectivity index is 5.39. The van der Waals surface area contributed by atoms with Crippen LogP contribution < -0.4 is 0 Å². The van der Waals surface area contributed by atoms with Crippen LogP contribution in [0.3, 0.4) is 0 Å². The summed E-state index contributed by atoms with van der Waals surface area (Å²) in [5.41, 5.74) is -0.115. The van der Waals surface area contributed by atoms with Crippen LogP contribution in [0.4, 0.5) is 0 Å². The van der Waals surface area contributed by atoms with Gasteiger partial charge in [0, 0.05) is 0 Å². The van der Waals surface area contributed by atoms with Crippen molar-refractivity contribution in [3.63, 3.8) is 0 Å². The molecule has 0 aromatic carbocycles. The molecule has 0 aromatic rings. The molecule has 2 heteroatoms. The Bertz CT molecular complexity index is 237. The summed E-state index contributed by atoms with van der Waals surface area (Å²) in [6.45, 7) is 13.1. The van der Waals surface area contributed by atoms with Crippen LogP contribution in [-0.2, 0) is 9.53 Å². The number of hydrogen-bond donors (Lipinski definition) is 0. The largest absolute Gasteiger partial charge is 0.469 e. The van der Waals surface area contributed by atoms with Gasteiger partial charge in [-0.05, 0) is 24.2 Å². The molecule has 2 nitrogen and oxygen atoms in total. The third kappa shape index (κ3) is 2.83. The topological polar surface area (TPSA) is 26.3 Å². The Kier molecular flexibility index (Phi) is 6.22.